The van der Waals surface area contributed by atoms with E-state index in [2.05, 4.69) is 10.5 Å². The van der Waals surface area contributed by atoms with Crippen molar-refractivity contribution in [3.05, 3.63) is 22.7 Å². The maximum Gasteiger partial charge on any atom is 0.368 e. The molecule has 13 heteroatoms. The summed E-state index contributed by atoms with van der Waals surface area (Å²) in [7, 11) is 2.78. The van der Waals surface area contributed by atoms with Gasteiger partial charge < -0.3 is 39.1 Å². The van der Waals surface area contributed by atoms with Crippen LogP contribution in [-0.4, -0.2) is 95.4 Å². The molecule has 0 amide bonds. The second kappa shape index (κ2) is 10.8. The summed E-state index contributed by atoms with van der Waals surface area (Å²) in [5, 5.41) is 29.0. The van der Waals surface area contributed by atoms with Crippen molar-refractivity contribution in [2.45, 2.75) is 37.1 Å². The van der Waals surface area contributed by atoms with E-state index < -0.39 is 48.4 Å². The molecule has 0 saturated carbocycles. The lowest BCUT2D eigenvalue weighted by Gasteiger charge is -2.29. The number of carbonyl (C=O) groups is 1. The fourth-order valence-electron chi connectivity index (χ4n) is 3.01. The molecule has 30 heavy (non-hydrogen) atoms. The monoisotopic (exact) mass is 433 g/mol. The predicted molar refractivity (Wildman–Crippen MR) is 99.3 cm³/mol. The molecule has 4 atom stereocenters. The zero-order valence-electron chi connectivity index (χ0n) is 16.9. The van der Waals surface area contributed by atoms with Crippen molar-refractivity contribution < 1.29 is 43.9 Å². The third kappa shape index (κ3) is 5.13. The van der Waals surface area contributed by atoms with Crippen LogP contribution in [0.4, 0.5) is 5.82 Å². The van der Waals surface area contributed by atoms with Gasteiger partial charge in [-0.2, -0.15) is 4.98 Å². The number of hydrogen-bond donors (Lipinski definition) is 4. The van der Waals surface area contributed by atoms with Crippen molar-refractivity contribution in [3.63, 3.8) is 0 Å². The van der Waals surface area contributed by atoms with E-state index >= 15 is 0 Å². The molecule has 0 spiro atoms. The van der Waals surface area contributed by atoms with E-state index in [0.29, 0.717) is 0 Å². The topological polar surface area (TPSA) is 171 Å². The average Bonchev–Trinajstić information content (AvgIpc) is 3.01. The van der Waals surface area contributed by atoms with E-state index in [4.69, 9.17) is 28.9 Å². The molecule has 0 unspecified atom stereocenters. The fraction of sp³-hybridized carbons (Fsp3) is 0.706. The number of aliphatic hydroxyl groups is 3. The number of aromatic nitrogens is 2. The highest BCUT2D eigenvalue weighted by Crippen LogP contribution is 2.28. The lowest BCUT2D eigenvalue weighted by molar-refractivity contribution is -0.185. The van der Waals surface area contributed by atoms with Crippen molar-refractivity contribution in [3.8, 4) is 0 Å². The van der Waals surface area contributed by atoms with Gasteiger partial charge in [0.25, 0.3) is 0 Å². The normalized spacial score (nSPS) is 24.1. The summed E-state index contributed by atoms with van der Waals surface area (Å²) in [6.45, 7) is 1.10. The Morgan fingerprint density at radius 2 is 1.97 bits per heavy atom. The van der Waals surface area contributed by atoms with Crippen LogP contribution in [-0.2, 0) is 28.6 Å². The van der Waals surface area contributed by atoms with Crippen LogP contribution in [0, 0.1) is 0 Å². The fourth-order valence-corrected chi connectivity index (χ4v) is 3.01. The molecule has 1 saturated heterocycles. The number of ether oxygens (including phenoxy) is 4. The lowest BCUT2D eigenvalue weighted by atomic mass is 10.1. The molecule has 170 valence electrons. The van der Waals surface area contributed by atoms with Gasteiger partial charge in [-0.1, -0.05) is 0 Å². The van der Waals surface area contributed by atoms with Crippen LogP contribution in [0.15, 0.2) is 17.1 Å². The Bertz CT molecular complexity index is 741. The molecule has 0 radical (unpaired) electrons. The molecular formula is C17H27N3O10. The van der Waals surface area contributed by atoms with Crippen molar-refractivity contribution in [2.24, 2.45) is 0 Å². The third-order valence-electron chi connectivity index (χ3n) is 4.42. The highest BCUT2D eigenvalue weighted by molar-refractivity contribution is 5.80. The van der Waals surface area contributed by atoms with Crippen molar-refractivity contribution >= 4 is 11.8 Å². The summed E-state index contributed by atoms with van der Waals surface area (Å²) in [6.07, 6.45) is -3.84. The van der Waals surface area contributed by atoms with Gasteiger partial charge in [0, 0.05) is 33.1 Å². The Morgan fingerprint density at radius 1 is 1.30 bits per heavy atom. The van der Waals surface area contributed by atoms with Gasteiger partial charge in [0.05, 0.1) is 19.8 Å². The molecule has 1 fully saturated rings. The number of anilines is 1. The Labute approximate surface area is 172 Å². The number of carbonyl (C=O) groups excluding carboxylic acids is 1. The van der Waals surface area contributed by atoms with Gasteiger partial charge in [-0.15, -0.1) is 0 Å². The highest BCUT2D eigenvalue weighted by atomic mass is 16.7. The minimum atomic E-state index is -1.52. The summed E-state index contributed by atoms with van der Waals surface area (Å²) in [4.78, 5) is 33.5. The molecule has 1 aliphatic rings. The molecule has 0 aliphatic carbocycles. The van der Waals surface area contributed by atoms with Crippen LogP contribution in [0.3, 0.4) is 0 Å². The lowest BCUT2D eigenvalue weighted by Crippen LogP contribution is -2.51. The molecule has 2 rings (SSSR count). The summed E-state index contributed by atoms with van der Waals surface area (Å²) in [5.41, 5.74) is -0.102. The molecule has 13 nitrogen and oxygen atoms in total. The van der Waals surface area contributed by atoms with Crippen LogP contribution in [0.5, 0.6) is 0 Å². The maximum atomic E-state index is 12.5. The van der Waals surface area contributed by atoms with Crippen LogP contribution in [0.25, 0.3) is 0 Å². The van der Waals surface area contributed by atoms with Gasteiger partial charge in [-0.3, -0.25) is 4.57 Å². The van der Waals surface area contributed by atoms with Gasteiger partial charge in [-0.05, 0) is 6.92 Å². The molecular weight excluding hydrogens is 406 g/mol. The van der Waals surface area contributed by atoms with E-state index in [1.807, 2.05) is 0 Å². The van der Waals surface area contributed by atoms with Gasteiger partial charge in [0.2, 0.25) is 5.60 Å². The van der Waals surface area contributed by atoms with E-state index in [0.717, 1.165) is 4.57 Å². The van der Waals surface area contributed by atoms with E-state index in [-0.39, 0.29) is 25.6 Å². The smallest absolute Gasteiger partial charge is 0.368 e. The minimum absolute atomic E-state index is 0.100. The van der Waals surface area contributed by atoms with Gasteiger partial charge in [0.15, 0.2) is 12.0 Å². The summed E-state index contributed by atoms with van der Waals surface area (Å²) in [6, 6.07) is 1.29. The molecule has 4 N–H and O–H groups in total. The first kappa shape index (κ1) is 24.1. The molecule has 1 aromatic heterocycles. The zero-order chi connectivity index (χ0) is 22.3. The molecule has 2 heterocycles. The Hall–Kier alpha value is -2.13. The Kier molecular flexibility index (Phi) is 8.66. The minimum Gasteiger partial charge on any atom is -0.394 e. The van der Waals surface area contributed by atoms with Crippen molar-refractivity contribution in [2.75, 3.05) is 46.1 Å². The van der Waals surface area contributed by atoms with Gasteiger partial charge in [0.1, 0.15) is 18.3 Å². The van der Waals surface area contributed by atoms with Crippen LogP contribution in [0.1, 0.15) is 13.2 Å². The van der Waals surface area contributed by atoms with Crippen LogP contribution in [0.2, 0.25) is 0 Å². The van der Waals surface area contributed by atoms with Crippen LogP contribution >= 0.6 is 0 Å². The van der Waals surface area contributed by atoms with Gasteiger partial charge >= 0.3 is 11.7 Å². The first-order chi connectivity index (χ1) is 14.3. The number of nitrogens with zero attached hydrogens (tertiary/aromatic N) is 2. The zero-order valence-corrected chi connectivity index (χ0v) is 16.9. The molecule has 1 aromatic rings. The standard InChI is InChI=1S/C17H27N3O10/c1-4-28-17(8-26-2,9-27-3)15(24)30-19-11-5-6-20(16(25)18-11)14-13(23)12(22)10(7-21)29-14/h5-6,10,12-14,21-23H,4,7-9H2,1-3H3,(H,18,19,25)/t10-,12-,13-,14-/m1/s1. The Balaban J connectivity index is 2.10. The van der Waals surface area contributed by atoms with Gasteiger partial charge in [-0.25, -0.2) is 15.1 Å². The van der Waals surface area contributed by atoms with Crippen molar-refractivity contribution in [1.29, 1.82) is 0 Å². The van der Waals surface area contributed by atoms with Crippen molar-refractivity contribution in [1.82, 2.24) is 9.55 Å². The number of rotatable bonds is 11. The molecule has 1 aliphatic heterocycles. The molecule has 0 aromatic carbocycles. The third-order valence-corrected chi connectivity index (χ3v) is 4.42. The second-order valence-electron chi connectivity index (χ2n) is 6.52. The number of methoxy groups -OCH3 is 2. The van der Waals surface area contributed by atoms with E-state index in [1.54, 1.807) is 6.92 Å². The quantitative estimate of drug-likeness (QED) is 0.278. The SMILES string of the molecule is CCOC(COC)(COC)C(=O)ONc1ccn([C@@H]2O[C@H](CO)[C@@H](O)[C@H]2O)c(=O)n1. The summed E-state index contributed by atoms with van der Waals surface area (Å²) in [5.74, 6) is -0.945. The first-order valence-corrected chi connectivity index (χ1v) is 9.14. The number of aliphatic hydroxyl groups excluding tert-OH is 3. The predicted octanol–water partition coefficient (Wildman–Crippen LogP) is -2.21. The number of nitrogens with one attached hydrogen (secondary N) is 1. The Morgan fingerprint density at radius 3 is 2.47 bits per heavy atom. The largest absolute Gasteiger partial charge is 0.394 e. The van der Waals surface area contributed by atoms with E-state index in [9.17, 15) is 19.8 Å². The summed E-state index contributed by atoms with van der Waals surface area (Å²) >= 11 is 0. The average molecular weight is 433 g/mol. The molecule has 0 bridgehead atoms. The van der Waals surface area contributed by atoms with E-state index in [1.165, 1.54) is 26.5 Å². The highest BCUT2D eigenvalue weighted by Gasteiger charge is 2.44. The number of hydrogen-bond acceptors (Lipinski definition) is 12. The first-order valence-electron chi connectivity index (χ1n) is 9.14. The van der Waals surface area contributed by atoms with Crippen LogP contribution < -0.4 is 11.2 Å². The summed E-state index contributed by atoms with van der Waals surface area (Å²) < 4.78 is 21.8. The second-order valence-corrected chi connectivity index (χ2v) is 6.52. The maximum absolute atomic E-state index is 12.5.